The second-order valence-corrected chi connectivity index (χ2v) is 5.67. The molecule has 0 unspecified atom stereocenters. The van der Waals surface area contributed by atoms with Crippen LogP contribution in [0.5, 0.6) is 0 Å². The lowest BCUT2D eigenvalue weighted by Crippen LogP contribution is -2.25. The maximum absolute atomic E-state index is 12.0. The van der Waals surface area contributed by atoms with Crippen molar-refractivity contribution in [3.05, 3.63) is 35.4 Å². The van der Waals surface area contributed by atoms with Crippen molar-refractivity contribution in [1.29, 1.82) is 0 Å². The summed E-state index contributed by atoms with van der Waals surface area (Å²) in [6.07, 6.45) is 1.84. The van der Waals surface area contributed by atoms with Gasteiger partial charge in [-0.25, -0.2) is 5.06 Å². The molecular formula is C16H23NO4. The van der Waals surface area contributed by atoms with Crippen molar-refractivity contribution in [2.75, 3.05) is 20.8 Å². The number of hydrogen-bond acceptors (Lipinski definition) is 4. The number of benzene rings is 1. The van der Waals surface area contributed by atoms with Gasteiger partial charge in [0.15, 0.2) is 5.79 Å². The molecule has 0 bridgehead atoms. The van der Waals surface area contributed by atoms with E-state index in [0.717, 1.165) is 18.4 Å². The average Bonchev–Trinajstić information content (AvgIpc) is 2.83. The summed E-state index contributed by atoms with van der Waals surface area (Å²) < 4.78 is 11.3. The van der Waals surface area contributed by atoms with Gasteiger partial charge in [-0.3, -0.25) is 9.63 Å². The van der Waals surface area contributed by atoms with E-state index in [1.807, 2.05) is 32.0 Å². The van der Waals surface area contributed by atoms with Gasteiger partial charge in [-0.05, 0) is 44.4 Å². The van der Waals surface area contributed by atoms with E-state index in [1.54, 1.807) is 13.1 Å². The summed E-state index contributed by atoms with van der Waals surface area (Å²) in [5.74, 6) is -0.634. The highest BCUT2D eigenvalue weighted by molar-refractivity contribution is 5.93. The number of amides is 1. The average molecular weight is 293 g/mol. The zero-order chi connectivity index (χ0) is 15.5. The minimum absolute atomic E-state index is 0.112. The minimum Gasteiger partial charge on any atom is -0.348 e. The maximum atomic E-state index is 12.0. The molecule has 0 saturated carbocycles. The zero-order valence-electron chi connectivity index (χ0n) is 13.1. The van der Waals surface area contributed by atoms with E-state index in [-0.39, 0.29) is 12.0 Å². The number of aryl methyl sites for hydroxylation is 1. The highest BCUT2D eigenvalue weighted by Gasteiger charge is 2.32. The van der Waals surface area contributed by atoms with Crippen LogP contribution in [0.3, 0.4) is 0 Å². The van der Waals surface area contributed by atoms with Crippen molar-refractivity contribution < 1.29 is 19.1 Å². The lowest BCUT2D eigenvalue weighted by molar-refractivity contribution is -0.138. The number of ether oxygens (including phenoxy) is 2. The predicted octanol–water partition coefficient (Wildman–Crippen LogP) is 2.40. The highest BCUT2D eigenvalue weighted by Crippen LogP contribution is 2.25. The molecule has 0 aliphatic carbocycles. The van der Waals surface area contributed by atoms with Crippen LogP contribution in [0.25, 0.3) is 0 Å². The second kappa shape index (κ2) is 6.56. The fraction of sp³-hybridized carbons (Fsp3) is 0.562. The first kappa shape index (κ1) is 15.9. The van der Waals surface area contributed by atoms with Gasteiger partial charge >= 0.3 is 0 Å². The van der Waals surface area contributed by atoms with Gasteiger partial charge in [0.1, 0.15) is 0 Å². The van der Waals surface area contributed by atoms with Crippen LogP contribution < -0.4 is 0 Å². The Morgan fingerprint density at radius 3 is 2.86 bits per heavy atom. The Morgan fingerprint density at radius 1 is 1.48 bits per heavy atom. The zero-order valence-corrected chi connectivity index (χ0v) is 13.1. The SMILES string of the molecule is CON(C)C(=O)c1cccc(CC[C@H]2COC(C)(C)O2)c1. The van der Waals surface area contributed by atoms with E-state index in [4.69, 9.17) is 14.3 Å². The highest BCUT2D eigenvalue weighted by atomic mass is 16.7. The largest absolute Gasteiger partial charge is 0.348 e. The summed E-state index contributed by atoms with van der Waals surface area (Å²) in [5.41, 5.74) is 1.74. The molecule has 1 aliphatic rings. The molecule has 1 aromatic carbocycles. The first-order valence-corrected chi connectivity index (χ1v) is 7.14. The standard InChI is InChI=1S/C16H23NO4/c1-16(2)20-11-14(21-16)9-8-12-6-5-7-13(10-12)15(18)17(3)19-4/h5-7,10,14H,8-9,11H2,1-4H3/t14-/m0/s1. The molecule has 0 N–H and O–H groups in total. The van der Waals surface area contributed by atoms with Crippen molar-refractivity contribution in [2.24, 2.45) is 0 Å². The molecule has 1 fully saturated rings. The Kier molecular flexibility index (Phi) is 4.98. The number of nitrogens with zero attached hydrogens (tertiary/aromatic N) is 1. The topological polar surface area (TPSA) is 48.0 Å². The van der Waals surface area contributed by atoms with Crippen LogP contribution in [0.1, 0.15) is 36.2 Å². The van der Waals surface area contributed by atoms with Crippen molar-refractivity contribution >= 4 is 5.91 Å². The Hall–Kier alpha value is -1.43. The summed E-state index contributed by atoms with van der Waals surface area (Å²) in [6.45, 7) is 4.47. The molecule has 1 atom stereocenters. The normalized spacial score (nSPS) is 20.5. The van der Waals surface area contributed by atoms with E-state index in [0.29, 0.717) is 12.2 Å². The second-order valence-electron chi connectivity index (χ2n) is 5.67. The molecule has 0 radical (unpaired) electrons. The Morgan fingerprint density at radius 2 is 2.24 bits per heavy atom. The van der Waals surface area contributed by atoms with Crippen molar-refractivity contribution in [3.8, 4) is 0 Å². The molecule has 1 amide bonds. The van der Waals surface area contributed by atoms with Crippen LogP contribution in [-0.4, -0.2) is 43.6 Å². The number of hydroxylamine groups is 2. The predicted molar refractivity (Wildman–Crippen MR) is 78.8 cm³/mol. The van der Waals surface area contributed by atoms with Gasteiger partial charge in [0.25, 0.3) is 5.91 Å². The third-order valence-corrected chi connectivity index (χ3v) is 3.56. The van der Waals surface area contributed by atoms with Gasteiger partial charge in [-0.2, -0.15) is 0 Å². The monoisotopic (exact) mass is 293 g/mol. The molecule has 1 heterocycles. The summed E-state index contributed by atoms with van der Waals surface area (Å²) in [7, 11) is 3.07. The lowest BCUT2D eigenvalue weighted by atomic mass is 10.0. The molecule has 1 aliphatic heterocycles. The lowest BCUT2D eigenvalue weighted by Gasteiger charge is -2.17. The first-order valence-electron chi connectivity index (χ1n) is 7.14. The molecule has 5 nitrogen and oxygen atoms in total. The van der Waals surface area contributed by atoms with E-state index >= 15 is 0 Å². The van der Waals surface area contributed by atoms with Gasteiger partial charge in [0.05, 0.1) is 19.8 Å². The molecule has 1 saturated heterocycles. The van der Waals surface area contributed by atoms with Gasteiger partial charge in [0.2, 0.25) is 0 Å². The van der Waals surface area contributed by atoms with Crippen molar-refractivity contribution in [3.63, 3.8) is 0 Å². The number of carbonyl (C=O) groups is 1. The maximum Gasteiger partial charge on any atom is 0.277 e. The van der Waals surface area contributed by atoms with E-state index in [2.05, 4.69) is 0 Å². The van der Waals surface area contributed by atoms with Crippen LogP contribution in [0, 0.1) is 0 Å². The van der Waals surface area contributed by atoms with Crippen LogP contribution in [0.15, 0.2) is 24.3 Å². The van der Waals surface area contributed by atoms with Crippen LogP contribution >= 0.6 is 0 Å². The molecular weight excluding hydrogens is 270 g/mol. The Labute approximate surface area is 125 Å². The third-order valence-electron chi connectivity index (χ3n) is 3.56. The van der Waals surface area contributed by atoms with Crippen molar-refractivity contribution in [1.82, 2.24) is 5.06 Å². The molecule has 2 rings (SSSR count). The third kappa shape index (κ3) is 4.27. The number of rotatable bonds is 5. The molecule has 116 valence electrons. The Balaban J connectivity index is 1.94. The summed E-state index contributed by atoms with van der Waals surface area (Å²) in [6, 6.07) is 7.60. The van der Waals surface area contributed by atoms with E-state index < -0.39 is 5.79 Å². The quantitative estimate of drug-likeness (QED) is 0.782. The van der Waals surface area contributed by atoms with Crippen LogP contribution in [-0.2, 0) is 20.7 Å². The van der Waals surface area contributed by atoms with Crippen LogP contribution in [0.4, 0.5) is 0 Å². The van der Waals surface area contributed by atoms with Gasteiger partial charge in [-0.15, -0.1) is 0 Å². The first-order chi connectivity index (χ1) is 9.91. The summed E-state index contributed by atoms with van der Waals surface area (Å²) in [5, 5.41) is 1.22. The number of carbonyl (C=O) groups excluding carboxylic acids is 1. The number of hydrogen-bond donors (Lipinski definition) is 0. The van der Waals surface area contributed by atoms with Crippen molar-refractivity contribution in [2.45, 2.75) is 38.6 Å². The van der Waals surface area contributed by atoms with E-state index in [1.165, 1.54) is 12.2 Å². The fourth-order valence-electron chi connectivity index (χ4n) is 2.36. The summed E-state index contributed by atoms with van der Waals surface area (Å²) in [4.78, 5) is 16.9. The molecule has 0 spiro atoms. The fourth-order valence-corrected chi connectivity index (χ4v) is 2.36. The van der Waals surface area contributed by atoms with Gasteiger partial charge < -0.3 is 9.47 Å². The molecule has 1 aromatic rings. The van der Waals surface area contributed by atoms with Crippen LogP contribution in [0.2, 0.25) is 0 Å². The smallest absolute Gasteiger partial charge is 0.277 e. The Bertz CT molecular complexity index is 501. The van der Waals surface area contributed by atoms with Gasteiger partial charge in [0, 0.05) is 12.6 Å². The molecule has 5 heteroatoms. The summed E-state index contributed by atoms with van der Waals surface area (Å²) >= 11 is 0. The van der Waals surface area contributed by atoms with E-state index in [9.17, 15) is 4.79 Å². The van der Waals surface area contributed by atoms with Gasteiger partial charge in [-0.1, -0.05) is 12.1 Å². The molecule has 0 aromatic heterocycles. The molecule has 21 heavy (non-hydrogen) atoms. The minimum atomic E-state index is -0.482.